The highest BCUT2D eigenvalue weighted by Crippen LogP contribution is 2.65. The zero-order chi connectivity index (χ0) is 33.8. The van der Waals surface area contributed by atoms with Gasteiger partial charge in [-0.3, -0.25) is 14.1 Å². The third kappa shape index (κ3) is 5.81. The van der Waals surface area contributed by atoms with E-state index in [9.17, 15) is 9.13 Å². The molecule has 0 amide bonds. The van der Waals surface area contributed by atoms with Crippen LogP contribution < -0.4 is 20.1 Å². The Morgan fingerprint density at radius 3 is 1.38 bits per heavy atom. The van der Waals surface area contributed by atoms with Crippen LogP contribution in [0, 0.1) is 0 Å². The van der Waals surface area contributed by atoms with Gasteiger partial charge in [-0.1, -0.05) is 33.8 Å². The molecule has 0 unspecified atom stereocenters. The Bertz CT molecular complexity index is 1640. The minimum Gasteiger partial charge on any atom is -0.486 e. The Balaban J connectivity index is 1.68. The molecule has 0 radical (unpaired) electrons. The van der Waals surface area contributed by atoms with Gasteiger partial charge in [0.15, 0.2) is 0 Å². The van der Waals surface area contributed by atoms with Crippen LogP contribution in [-0.4, -0.2) is 31.4 Å². The van der Waals surface area contributed by atoms with Crippen LogP contribution in [0.5, 0.6) is 11.5 Å². The Hall–Kier alpha value is -2.51. The molecule has 0 saturated heterocycles. The highest BCUT2D eigenvalue weighted by molar-refractivity contribution is 7.62. The lowest BCUT2D eigenvalue weighted by Gasteiger charge is -2.31. The van der Waals surface area contributed by atoms with Gasteiger partial charge in [0.2, 0.25) is 0 Å². The maximum Gasteiger partial charge on any atom is 0.365 e. The van der Waals surface area contributed by atoms with Crippen molar-refractivity contribution in [2.24, 2.45) is 0 Å². The standard InChI is InChI=1S/C36H47NO8P2/c1-9-42-46(38,43-10-2)32-18-26-28-16-30(32)40-20-24-14-13-15-25(37-24)21-41-31-17-29-27(19-33(31)47(39,44-11-3)45-12-4)35(7,8)23-36(28,29)22-34(26,5)6/h13-19H,9-12,20-23H2,1-8H3. The van der Waals surface area contributed by atoms with Crippen molar-refractivity contribution in [2.45, 2.75) is 97.7 Å². The Morgan fingerprint density at radius 2 is 1.02 bits per heavy atom. The van der Waals surface area contributed by atoms with Gasteiger partial charge in [-0.05, 0) is 110 Å². The summed E-state index contributed by atoms with van der Waals surface area (Å²) >= 11 is 0. The third-order valence-corrected chi connectivity index (χ3v) is 13.8. The van der Waals surface area contributed by atoms with E-state index in [1.807, 2.05) is 58.0 Å². The average molecular weight is 684 g/mol. The van der Waals surface area contributed by atoms with Crippen molar-refractivity contribution in [3.05, 3.63) is 76.1 Å². The fraction of sp³-hybridized carbons (Fsp3) is 0.528. The van der Waals surface area contributed by atoms with E-state index in [1.165, 1.54) is 0 Å². The quantitative estimate of drug-likeness (QED) is 0.197. The molecule has 47 heavy (non-hydrogen) atoms. The maximum absolute atomic E-state index is 14.4. The topological polar surface area (TPSA) is 102 Å². The van der Waals surface area contributed by atoms with E-state index in [0.717, 1.165) is 35.1 Å². The largest absolute Gasteiger partial charge is 0.486 e. The first-order chi connectivity index (χ1) is 22.3. The van der Waals surface area contributed by atoms with E-state index >= 15 is 0 Å². The first-order valence-corrected chi connectivity index (χ1v) is 19.7. The van der Waals surface area contributed by atoms with Crippen LogP contribution in [-0.2, 0) is 56.7 Å². The number of hydrogen-bond donors (Lipinski definition) is 0. The van der Waals surface area contributed by atoms with E-state index in [2.05, 4.69) is 39.8 Å². The van der Waals surface area contributed by atoms with Crippen molar-refractivity contribution < 1.29 is 36.7 Å². The van der Waals surface area contributed by atoms with E-state index < -0.39 is 20.6 Å². The van der Waals surface area contributed by atoms with Crippen LogP contribution >= 0.6 is 15.2 Å². The van der Waals surface area contributed by atoms with Gasteiger partial charge in [-0.2, -0.15) is 0 Å². The minimum atomic E-state index is -3.72. The lowest BCUT2D eigenvalue weighted by atomic mass is 9.72. The smallest absolute Gasteiger partial charge is 0.365 e. The van der Waals surface area contributed by atoms with E-state index in [4.69, 9.17) is 32.6 Å². The summed E-state index contributed by atoms with van der Waals surface area (Å²) in [6.07, 6.45) is 1.60. The monoisotopic (exact) mass is 683 g/mol. The molecule has 6 rings (SSSR count). The van der Waals surface area contributed by atoms with Gasteiger partial charge in [0.1, 0.15) is 35.3 Å². The number of benzene rings is 2. The van der Waals surface area contributed by atoms with Crippen LogP contribution in [0.1, 0.15) is 102 Å². The zero-order valence-electron chi connectivity index (χ0n) is 28.8. The summed E-state index contributed by atoms with van der Waals surface area (Å²) in [5.74, 6) is 0.929. The Labute approximate surface area is 278 Å². The molecule has 3 aromatic rings. The molecule has 1 spiro atoms. The van der Waals surface area contributed by atoms with Gasteiger partial charge in [0.25, 0.3) is 0 Å². The van der Waals surface area contributed by atoms with E-state index in [0.29, 0.717) is 33.5 Å². The Morgan fingerprint density at radius 1 is 0.638 bits per heavy atom. The highest BCUT2D eigenvalue weighted by Gasteiger charge is 2.58. The molecule has 1 aliphatic heterocycles. The van der Waals surface area contributed by atoms with Crippen molar-refractivity contribution in [3.8, 4) is 11.5 Å². The molecule has 0 N–H and O–H groups in total. The van der Waals surface area contributed by atoms with Gasteiger partial charge in [0, 0.05) is 5.41 Å². The van der Waals surface area contributed by atoms with Crippen LogP contribution in [0.2, 0.25) is 0 Å². The summed E-state index contributed by atoms with van der Waals surface area (Å²) in [6, 6.07) is 13.8. The first-order valence-electron chi connectivity index (χ1n) is 16.6. The predicted molar refractivity (Wildman–Crippen MR) is 183 cm³/mol. The van der Waals surface area contributed by atoms with Crippen molar-refractivity contribution in [2.75, 3.05) is 26.4 Å². The molecule has 6 bridgehead atoms. The molecular formula is C36H47NO8P2. The maximum atomic E-state index is 14.4. The number of fused-ring (bicyclic) bond motifs is 4. The minimum absolute atomic E-state index is 0.144. The SMILES string of the molecule is CCOP(=O)(OCC)c1cc2c3cc1OCc1cccc(n1)COc1cc4c(cc1P(=O)(OCC)OCC)C(C)(C)CC34CC2(C)C. The number of rotatable bonds is 10. The lowest BCUT2D eigenvalue weighted by molar-refractivity contribution is 0.227. The van der Waals surface area contributed by atoms with Crippen molar-refractivity contribution >= 4 is 25.8 Å². The molecule has 2 aliphatic carbocycles. The molecular weight excluding hydrogens is 636 g/mol. The summed E-state index contributed by atoms with van der Waals surface area (Å²) in [5, 5.41) is 0.860. The van der Waals surface area contributed by atoms with Crippen molar-refractivity contribution in [1.82, 2.24) is 4.98 Å². The first kappa shape index (κ1) is 34.4. The molecule has 0 fully saturated rings. The number of hydrogen-bond acceptors (Lipinski definition) is 9. The second-order valence-corrected chi connectivity index (χ2v) is 17.8. The normalized spacial score (nSPS) is 18.7. The van der Waals surface area contributed by atoms with E-state index in [1.54, 1.807) is 0 Å². The average Bonchev–Trinajstić information content (AvgIpc) is 3.37. The molecule has 3 aliphatic rings. The lowest BCUT2D eigenvalue weighted by Crippen LogP contribution is -2.27. The second kappa shape index (κ2) is 12.4. The van der Waals surface area contributed by atoms with Gasteiger partial charge in [0.05, 0.1) is 37.8 Å². The van der Waals surface area contributed by atoms with Crippen LogP contribution in [0.3, 0.4) is 0 Å². The summed E-state index contributed by atoms with van der Waals surface area (Å²) in [7, 11) is -7.45. The van der Waals surface area contributed by atoms with Crippen LogP contribution in [0.25, 0.3) is 0 Å². The summed E-state index contributed by atoms with van der Waals surface area (Å²) in [4.78, 5) is 4.79. The highest BCUT2D eigenvalue weighted by atomic mass is 31.2. The Kier molecular flexibility index (Phi) is 9.08. The molecule has 0 saturated carbocycles. The number of nitrogens with zero attached hydrogens (tertiary/aromatic N) is 1. The molecule has 0 atom stereocenters. The van der Waals surface area contributed by atoms with Crippen LogP contribution in [0.15, 0.2) is 42.5 Å². The molecule has 2 heterocycles. The van der Waals surface area contributed by atoms with Gasteiger partial charge in [-0.15, -0.1) is 0 Å². The summed E-state index contributed by atoms with van der Waals surface area (Å²) in [5.41, 5.74) is 4.73. The number of ether oxygens (including phenoxy) is 2. The molecule has 2 aromatic carbocycles. The number of pyridine rings is 1. The molecule has 1 aromatic heterocycles. The molecule has 9 nitrogen and oxygen atoms in total. The van der Waals surface area contributed by atoms with E-state index in [-0.39, 0.29) is 50.5 Å². The second-order valence-electron chi connectivity index (χ2n) is 13.8. The van der Waals surface area contributed by atoms with Gasteiger partial charge < -0.3 is 27.6 Å². The molecule has 254 valence electrons. The van der Waals surface area contributed by atoms with Crippen molar-refractivity contribution in [1.29, 1.82) is 0 Å². The van der Waals surface area contributed by atoms with Crippen molar-refractivity contribution in [3.63, 3.8) is 0 Å². The third-order valence-electron chi connectivity index (χ3n) is 9.58. The van der Waals surface area contributed by atoms with Gasteiger partial charge >= 0.3 is 15.2 Å². The fourth-order valence-electron chi connectivity index (χ4n) is 8.02. The zero-order valence-corrected chi connectivity index (χ0v) is 30.6. The number of aromatic nitrogens is 1. The summed E-state index contributed by atoms with van der Waals surface area (Å²) < 4.78 is 65.4. The van der Waals surface area contributed by atoms with Gasteiger partial charge in [-0.25, -0.2) is 0 Å². The molecule has 11 heteroatoms. The summed E-state index contributed by atoms with van der Waals surface area (Å²) in [6.45, 7) is 17.4. The predicted octanol–water partition coefficient (Wildman–Crippen LogP) is 7.98. The fourth-order valence-corrected chi connectivity index (χ4v) is 11.5. The van der Waals surface area contributed by atoms with Crippen LogP contribution in [0.4, 0.5) is 0 Å².